The highest BCUT2D eigenvalue weighted by atomic mass is 16.4. The van der Waals surface area contributed by atoms with Gasteiger partial charge in [0.25, 0.3) is 5.56 Å². The smallest absolute Gasteiger partial charge is 0.310 e. The fourth-order valence-electron chi connectivity index (χ4n) is 4.40. The van der Waals surface area contributed by atoms with Crippen molar-refractivity contribution >= 4 is 27.8 Å². The van der Waals surface area contributed by atoms with Crippen molar-refractivity contribution in [2.75, 3.05) is 0 Å². The topological polar surface area (TPSA) is 86.2 Å². The van der Waals surface area contributed by atoms with Gasteiger partial charge in [-0.1, -0.05) is 78.9 Å². The summed E-state index contributed by atoms with van der Waals surface area (Å²) in [5.74, 6) is 1.77. The lowest BCUT2D eigenvalue weighted by atomic mass is 10.1. The second-order valence-electron chi connectivity index (χ2n) is 8.35. The zero-order valence-corrected chi connectivity index (χ0v) is 18.9. The first-order valence-electron chi connectivity index (χ1n) is 11.5. The second-order valence-corrected chi connectivity index (χ2v) is 8.35. The quantitative estimate of drug-likeness (QED) is 0.327. The van der Waals surface area contributed by atoms with Crippen LogP contribution < -0.4 is 5.56 Å². The van der Waals surface area contributed by atoms with E-state index in [1.165, 1.54) is 4.40 Å². The highest BCUT2D eigenvalue weighted by Crippen LogP contribution is 2.31. The summed E-state index contributed by atoms with van der Waals surface area (Å²) in [7, 11) is 0. The molecule has 7 nitrogen and oxygen atoms in total. The van der Waals surface area contributed by atoms with Gasteiger partial charge in [-0.25, -0.2) is 19.4 Å². The molecule has 0 amide bonds. The number of aromatic nitrogens is 5. The highest BCUT2D eigenvalue weighted by molar-refractivity contribution is 5.92. The third kappa shape index (κ3) is 3.18. The summed E-state index contributed by atoms with van der Waals surface area (Å²) >= 11 is 0. The van der Waals surface area contributed by atoms with E-state index in [1.54, 1.807) is 12.1 Å². The minimum Gasteiger partial charge on any atom is -0.422 e. The molecular weight excluding hydrogens is 450 g/mol. The van der Waals surface area contributed by atoms with Crippen molar-refractivity contribution in [1.82, 2.24) is 24.3 Å². The van der Waals surface area contributed by atoms with Crippen LogP contribution in [0.3, 0.4) is 0 Å². The molecule has 3 aromatic heterocycles. The molecule has 0 saturated heterocycles. The Morgan fingerprint density at radius 3 is 1.89 bits per heavy atom. The van der Waals surface area contributed by atoms with Gasteiger partial charge in [-0.3, -0.25) is 4.79 Å². The van der Waals surface area contributed by atoms with Crippen LogP contribution in [0.15, 0.2) is 112 Å². The summed E-state index contributed by atoms with van der Waals surface area (Å²) in [5, 5.41) is 0.529. The summed E-state index contributed by atoms with van der Waals surface area (Å²) in [6.07, 6.45) is 0. The molecule has 0 saturated carbocycles. The first-order valence-corrected chi connectivity index (χ1v) is 11.5. The minimum absolute atomic E-state index is 0.183. The Morgan fingerprint density at radius 2 is 1.19 bits per heavy atom. The fourth-order valence-corrected chi connectivity index (χ4v) is 4.40. The number of nitrogens with zero attached hydrogens (tertiary/aromatic N) is 5. The molecule has 3 heterocycles. The van der Waals surface area contributed by atoms with Gasteiger partial charge in [0.2, 0.25) is 0 Å². The van der Waals surface area contributed by atoms with E-state index in [2.05, 4.69) is 4.98 Å². The van der Waals surface area contributed by atoms with Crippen molar-refractivity contribution < 1.29 is 4.42 Å². The van der Waals surface area contributed by atoms with E-state index in [1.807, 2.05) is 91.0 Å². The zero-order chi connectivity index (χ0) is 24.1. The van der Waals surface area contributed by atoms with E-state index < -0.39 is 0 Å². The predicted octanol–water partition coefficient (Wildman–Crippen LogP) is 5.78. The molecule has 0 aliphatic heterocycles. The second kappa shape index (κ2) is 7.95. The van der Waals surface area contributed by atoms with Gasteiger partial charge in [0.15, 0.2) is 23.1 Å². The van der Waals surface area contributed by atoms with Crippen LogP contribution in [0.1, 0.15) is 0 Å². The van der Waals surface area contributed by atoms with E-state index in [4.69, 9.17) is 19.4 Å². The lowest BCUT2D eigenvalue weighted by molar-refractivity contribution is 0.637. The van der Waals surface area contributed by atoms with E-state index in [0.29, 0.717) is 45.0 Å². The molecule has 7 rings (SSSR count). The number of fused-ring (bicyclic) bond motifs is 4. The third-order valence-electron chi connectivity index (χ3n) is 6.11. The lowest BCUT2D eigenvalue weighted by Crippen LogP contribution is -2.13. The van der Waals surface area contributed by atoms with Gasteiger partial charge in [0.1, 0.15) is 0 Å². The molecule has 0 N–H and O–H groups in total. The van der Waals surface area contributed by atoms with Crippen LogP contribution in [0.4, 0.5) is 0 Å². The van der Waals surface area contributed by atoms with Gasteiger partial charge in [-0.15, -0.1) is 0 Å². The molecule has 4 aromatic carbocycles. The molecule has 7 heteroatoms. The molecular formula is C29H17N5O2. The van der Waals surface area contributed by atoms with Crippen LogP contribution in [0.5, 0.6) is 0 Å². The summed E-state index contributed by atoms with van der Waals surface area (Å²) in [4.78, 5) is 32.3. The van der Waals surface area contributed by atoms with E-state index >= 15 is 0 Å². The molecule has 170 valence electrons. The van der Waals surface area contributed by atoms with Gasteiger partial charge >= 0.3 is 5.84 Å². The van der Waals surface area contributed by atoms with Gasteiger partial charge in [-0.2, -0.15) is 4.98 Å². The van der Waals surface area contributed by atoms with Crippen LogP contribution in [-0.2, 0) is 0 Å². The third-order valence-corrected chi connectivity index (χ3v) is 6.11. The molecule has 0 atom stereocenters. The SMILES string of the molecule is O=c1c2ccccc2nc2oc3c(-c4nc(-c5ccccc5)nc(-c5ccccc5)n4)cccc3n12. The number of hydrogen-bond donors (Lipinski definition) is 0. The number of para-hydroxylation sites is 2. The maximum absolute atomic E-state index is 13.3. The summed E-state index contributed by atoms with van der Waals surface area (Å²) in [6, 6.07) is 32.4. The molecule has 0 aliphatic carbocycles. The molecule has 0 unspecified atom stereocenters. The average molecular weight is 467 g/mol. The van der Waals surface area contributed by atoms with Crippen molar-refractivity contribution in [3.8, 4) is 34.2 Å². The van der Waals surface area contributed by atoms with Crippen LogP contribution in [0.2, 0.25) is 0 Å². The van der Waals surface area contributed by atoms with Crippen molar-refractivity contribution in [1.29, 1.82) is 0 Å². The summed E-state index contributed by atoms with van der Waals surface area (Å²) in [6.45, 7) is 0. The summed E-state index contributed by atoms with van der Waals surface area (Å²) in [5.41, 5.74) is 3.89. The van der Waals surface area contributed by atoms with Crippen LogP contribution >= 0.6 is 0 Å². The Labute approximate surface area is 204 Å². The van der Waals surface area contributed by atoms with Crippen LogP contribution in [0, 0.1) is 0 Å². The first kappa shape index (κ1) is 20.2. The van der Waals surface area contributed by atoms with Crippen molar-refractivity contribution in [3.63, 3.8) is 0 Å². The monoisotopic (exact) mass is 467 g/mol. The maximum atomic E-state index is 13.3. The fraction of sp³-hybridized carbons (Fsp3) is 0. The van der Waals surface area contributed by atoms with Gasteiger partial charge in [-0.05, 0) is 24.3 Å². The normalized spacial score (nSPS) is 11.4. The molecule has 0 radical (unpaired) electrons. The average Bonchev–Trinajstić information content (AvgIpc) is 3.32. The van der Waals surface area contributed by atoms with Crippen LogP contribution in [0.25, 0.3) is 62.0 Å². The lowest BCUT2D eigenvalue weighted by Gasteiger charge is -2.08. The Hall–Kier alpha value is -5.17. The Bertz CT molecular complexity index is 1900. The number of oxazole rings is 1. The molecule has 7 aromatic rings. The standard InChI is InChI=1S/C29H17N5O2/c35-28-20-14-7-8-16-22(20)30-29-34(28)23-17-9-15-21(24(23)36-29)27-32-25(18-10-3-1-4-11-18)31-26(33-27)19-12-5-2-6-13-19/h1-17H. The number of benzene rings is 4. The minimum atomic E-state index is -0.183. The van der Waals surface area contributed by atoms with Crippen LogP contribution in [-0.4, -0.2) is 24.3 Å². The van der Waals surface area contributed by atoms with Gasteiger partial charge < -0.3 is 4.42 Å². The van der Waals surface area contributed by atoms with E-state index in [9.17, 15) is 4.79 Å². The Kier molecular flexibility index (Phi) is 4.47. The largest absolute Gasteiger partial charge is 0.422 e. The van der Waals surface area contributed by atoms with Crippen molar-refractivity contribution in [3.05, 3.63) is 113 Å². The molecule has 0 fully saturated rings. The maximum Gasteiger partial charge on any atom is 0.310 e. The summed E-state index contributed by atoms with van der Waals surface area (Å²) < 4.78 is 7.67. The number of hydrogen-bond acceptors (Lipinski definition) is 6. The zero-order valence-electron chi connectivity index (χ0n) is 18.9. The number of rotatable bonds is 3. The Balaban J connectivity index is 1.53. The van der Waals surface area contributed by atoms with E-state index in [-0.39, 0.29) is 11.4 Å². The molecule has 0 bridgehead atoms. The molecule has 0 aliphatic rings. The van der Waals surface area contributed by atoms with E-state index in [0.717, 1.165) is 11.1 Å². The van der Waals surface area contributed by atoms with Gasteiger partial charge in [0, 0.05) is 11.1 Å². The highest BCUT2D eigenvalue weighted by Gasteiger charge is 2.19. The van der Waals surface area contributed by atoms with Crippen molar-refractivity contribution in [2.24, 2.45) is 0 Å². The molecule has 36 heavy (non-hydrogen) atoms. The van der Waals surface area contributed by atoms with Gasteiger partial charge in [0.05, 0.1) is 22.0 Å². The molecule has 0 spiro atoms. The predicted molar refractivity (Wildman–Crippen MR) is 138 cm³/mol. The van der Waals surface area contributed by atoms with Crippen molar-refractivity contribution in [2.45, 2.75) is 0 Å². The Morgan fingerprint density at radius 1 is 0.583 bits per heavy atom. The first-order chi connectivity index (χ1) is 17.8.